The first-order chi connectivity index (χ1) is 9.89. The van der Waals surface area contributed by atoms with E-state index < -0.39 is 0 Å². The van der Waals surface area contributed by atoms with Crippen LogP contribution in [0.5, 0.6) is 0 Å². The number of aliphatic hydroxyl groups is 2. The average molecular weight is 444 g/mol. The van der Waals surface area contributed by atoms with Gasteiger partial charge in [-0.15, -0.1) is 0 Å². The van der Waals surface area contributed by atoms with Crippen LogP contribution >= 0.6 is 0 Å². The van der Waals surface area contributed by atoms with E-state index in [1.165, 1.54) is 12.2 Å². The van der Waals surface area contributed by atoms with Gasteiger partial charge in [-0.2, -0.15) is 0 Å². The smallest absolute Gasteiger partial charge is 0.512 e. The summed E-state index contributed by atoms with van der Waals surface area (Å²) in [5, 5.41) is 18.4. The van der Waals surface area contributed by atoms with Crippen molar-refractivity contribution in [2.75, 3.05) is 0 Å². The number of rotatable bonds is 6. The first-order valence-corrected chi connectivity index (χ1v) is 7.78. The van der Waals surface area contributed by atoms with Gasteiger partial charge < -0.3 is 25.1 Å². The standard InChI is InChI=1S/2C9H16O2.2CH3.Ru/c2*1-6(2)8(10)5-9(11)7(3)4;;;/h2*5-7,10H,1-4H3;2*1H3;/q;;2*-1;+2/b2*8-5-;;;. The number of allylic oxidation sites excluding steroid dienone is 4. The van der Waals surface area contributed by atoms with Crippen molar-refractivity contribution in [3.8, 4) is 0 Å². The Kier molecular flexibility index (Phi) is 25.1. The molecule has 150 valence electrons. The van der Waals surface area contributed by atoms with Crippen molar-refractivity contribution in [3.63, 3.8) is 0 Å². The maximum absolute atomic E-state index is 11.0. The predicted molar refractivity (Wildman–Crippen MR) is 104 cm³/mol. The fourth-order valence-electron chi connectivity index (χ4n) is 0.958. The van der Waals surface area contributed by atoms with Gasteiger partial charge >= 0.3 is 19.5 Å². The minimum absolute atomic E-state index is 0. The molecule has 0 radical (unpaired) electrons. The molecular formula is C20H38O4Ru. The molecule has 0 amide bonds. The van der Waals surface area contributed by atoms with Crippen molar-refractivity contribution in [2.45, 2.75) is 55.4 Å². The van der Waals surface area contributed by atoms with E-state index >= 15 is 0 Å². The molecule has 0 aliphatic heterocycles. The van der Waals surface area contributed by atoms with Crippen molar-refractivity contribution >= 4 is 11.6 Å². The summed E-state index contributed by atoms with van der Waals surface area (Å²) in [6, 6.07) is 0. The van der Waals surface area contributed by atoms with Gasteiger partial charge in [0.2, 0.25) is 0 Å². The summed E-state index contributed by atoms with van der Waals surface area (Å²) in [6.45, 7) is 14.6. The van der Waals surface area contributed by atoms with Gasteiger partial charge in [-0.1, -0.05) is 55.4 Å². The van der Waals surface area contributed by atoms with Gasteiger partial charge in [0, 0.05) is 35.8 Å². The Balaban J connectivity index is -0.0000000952. The molecular weight excluding hydrogens is 405 g/mol. The normalized spacial score (nSPS) is 11.2. The summed E-state index contributed by atoms with van der Waals surface area (Å²) in [5.41, 5.74) is 0. The minimum atomic E-state index is -0.0316. The molecule has 0 aromatic carbocycles. The number of carbonyl (C=O) groups is 2. The van der Waals surface area contributed by atoms with Crippen LogP contribution in [-0.2, 0) is 29.1 Å². The maximum Gasteiger partial charge on any atom is 2.00 e. The van der Waals surface area contributed by atoms with Crippen LogP contribution in [0.1, 0.15) is 55.4 Å². The Morgan fingerprint density at radius 2 is 0.800 bits per heavy atom. The van der Waals surface area contributed by atoms with Crippen molar-refractivity contribution < 1.29 is 39.3 Å². The summed E-state index contributed by atoms with van der Waals surface area (Å²) in [5.74, 6) is 0.321. The third-order valence-corrected chi connectivity index (χ3v) is 2.90. The van der Waals surface area contributed by atoms with Gasteiger partial charge in [-0.05, 0) is 0 Å². The van der Waals surface area contributed by atoms with Crippen molar-refractivity contribution in [3.05, 3.63) is 38.5 Å². The summed E-state index contributed by atoms with van der Waals surface area (Å²) in [6.07, 6.45) is 2.63. The summed E-state index contributed by atoms with van der Waals surface area (Å²) < 4.78 is 0. The molecule has 0 aliphatic rings. The number of hydrogen-bond donors (Lipinski definition) is 2. The number of carbonyl (C=O) groups excluding carboxylic acids is 2. The molecule has 0 saturated carbocycles. The van der Waals surface area contributed by atoms with Gasteiger partial charge in [-0.3, -0.25) is 9.59 Å². The SMILES string of the molecule is CC(C)C(=O)/C=C(\O)C(C)C.CC(C)C(=O)/C=C(\O)C(C)C.[CH3-].[CH3-].[Ru+2]. The Morgan fingerprint density at radius 3 is 0.920 bits per heavy atom. The molecule has 0 fully saturated rings. The molecule has 25 heavy (non-hydrogen) atoms. The number of aliphatic hydroxyl groups excluding tert-OH is 2. The van der Waals surface area contributed by atoms with Crippen LogP contribution in [0.4, 0.5) is 0 Å². The number of ketones is 2. The topological polar surface area (TPSA) is 74.6 Å². The van der Waals surface area contributed by atoms with Gasteiger partial charge in [0.05, 0.1) is 11.5 Å². The molecule has 5 heteroatoms. The van der Waals surface area contributed by atoms with E-state index in [1.807, 2.05) is 55.4 Å². The van der Waals surface area contributed by atoms with Crippen LogP contribution in [0.15, 0.2) is 23.7 Å². The fourth-order valence-corrected chi connectivity index (χ4v) is 0.958. The van der Waals surface area contributed by atoms with Gasteiger partial charge in [0.15, 0.2) is 11.6 Å². The zero-order valence-corrected chi connectivity index (χ0v) is 19.3. The zero-order chi connectivity index (χ0) is 18.0. The quantitative estimate of drug-likeness (QED) is 0.245. The van der Waals surface area contributed by atoms with Crippen LogP contribution in [0.25, 0.3) is 0 Å². The van der Waals surface area contributed by atoms with Gasteiger partial charge in [0.25, 0.3) is 0 Å². The molecule has 0 atom stereocenters. The molecule has 2 N–H and O–H groups in total. The van der Waals surface area contributed by atoms with Gasteiger partial charge in [0.1, 0.15) is 0 Å². The summed E-state index contributed by atoms with van der Waals surface area (Å²) >= 11 is 0. The first kappa shape index (κ1) is 35.2. The largest absolute Gasteiger partial charge is 2.00 e. The molecule has 0 bridgehead atoms. The second-order valence-electron chi connectivity index (χ2n) is 6.56. The fraction of sp³-hybridized carbons (Fsp3) is 0.600. The van der Waals surface area contributed by atoms with Gasteiger partial charge in [-0.25, -0.2) is 0 Å². The van der Waals surface area contributed by atoms with Crippen LogP contribution in [-0.4, -0.2) is 21.8 Å². The molecule has 0 spiro atoms. The van der Waals surface area contributed by atoms with Crippen LogP contribution in [0.2, 0.25) is 0 Å². The second kappa shape index (κ2) is 17.9. The van der Waals surface area contributed by atoms with E-state index in [4.69, 9.17) is 0 Å². The molecule has 0 aliphatic carbocycles. The maximum atomic E-state index is 11.0. The second-order valence-corrected chi connectivity index (χ2v) is 6.56. The average Bonchev–Trinajstić information content (AvgIpc) is 2.38. The Morgan fingerprint density at radius 1 is 0.600 bits per heavy atom. The molecule has 0 aromatic rings. The predicted octanol–water partition coefficient (Wildman–Crippen LogP) is 5.52. The molecule has 0 heterocycles. The van der Waals surface area contributed by atoms with Crippen molar-refractivity contribution in [2.24, 2.45) is 23.7 Å². The molecule has 0 unspecified atom stereocenters. The van der Waals surface area contributed by atoms with E-state index in [-0.39, 0.29) is 81.1 Å². The molecule has 0 saturated heterocycles. The van der Waals surface area contributed by atoms with Crippen LogP contribution in [0, 0.1) is 38.5 Å². The van der Waals surface area contributed by atoms with E-state index in [2.05, 4.69) is 0 Å². The van der Waals surface area contributed by atoms with E-state index in [1.54, 1.807) is 0 Å². The minimum Gasteiger partial charge on any atom is -0.512 e. The Hall–Kier alpha value is -0.957. The van der Waals surface area contributed by atoms with Crippen LogP contribution < -0.4 is 0 Å². The van der Waals surface area contributed by atoms with Crippen LogP contribution in [0.3, 0.4) is 0 Å². The van der Waals surface area contributed by atoms with Crippen molar-refractivity contribution in [1.29, 1.82) is 0 Å². The van der Waals surface area contributed by atoms with E-state index in [0.717, 1.165) is 0 Å². The Bertz CT molecular complexity index is 379. The third-order valence-electron chi connectivity index (χ3n) is 2.90. The number of hydrogen-bond acceptors (Lipinski definition) is 4. The van der Waals surface area contributed by atoms with Crippen molar-refractivity contribution in [1.82, 2.24) is 0 Å². The van der Waals surface area contributed by atoms with E-state index in [9.17, 15) is 19.8 Å². The molecule has 0 rings (SSSR count). The zero-order valence-electron chi connectivity index (χ0n) is 17.5. The summed E-state index contributed by atoms with van der Waals surface area (Å²) in [7, 11) is 0. The molecule has 4 nitrogen and oxygen atoms in total. The third kappa shape index (κ3) is 19.2. The first-order valence-electron chi connectivity index (χ1n) is 7.78. The van der Waals surface area contributed by atoms with E-state index in [0.29, 0.717) is 0 Å². The monoisotopic (exact) mass is 444 g/mol. The Labute approximate surface area is 168 Å². The summed E-state index contributed by atoms with van der Waals surface area (Å²) in [4.78, 5) is 22.0. The molecule has 0 aromatic heterocycles.